The average Bonchev–Trinajstić information content (AvgIpc) is 2.91. The third kappa shape index (κ3) is 2.91. The van der Waals surface area contributed by atoms with Crippen molar-refractivity contribution in [1.82, 2.24) is 15.1 Å². The number of nitrogens with one attached hydrogen (secondary N) is 1. The second kappa shape index (κ2) is 6.59. The Labute approximate surface area is 158 Å². The van der Waals surface area contributed by atoms with Gasteiger partial charge in [-0.3, -0.25) is 15.1 Å². The van der Waals surface area contributed by atoms with Crippen molar-refractivity contribution < 1.29 is 5.11 Å². The molecule has 2 N–H and O–H groups in total. The first-order chi connectivity index (χ1) is 12.4. The highest BCUT2D eigenvalue weighted by atomic mass is 16.3. The van der Waals surface area contributed by atoms with Crippen molar-refractivity contribution in [3.8, 4) is 0 Å². The highest BCUT2D eigenvalue weighted by Gasteiger charge is 2.53. The lowest BCUT2D eigenvalue weighted by atomic mass is 9.66. The third-order valence-corrected chi connectivity index (χ3v) is 7.81. The summed E-state index contributed by atoms with van der Waals surface area (Å²) in [6, 6.07) is 11.0. The van der Waals surface area contributed by atoms with E-state index in [0.717, 1.165) is 38.8 Å². The van der Waals surface area contributed by atoms with Crippen LogP contribution in [-0.4, -0.2) is 54.0 Å². The zero-order chi connectivity index (χ0) is 18.4. The van der Waals surface area contributed by atoms with Gasteiger partial charge >= 0.3 is 0 Å². The van der Waals surface area contributed by atoms with Crippen LogP contribution in [0, 0.1) is 5.41 Å². The number of rotatable bonds is 4. The van der Waals surface area contributed by atoms with Gasteiger partial charge in [0.2, 0.25) is 0 Å². The first-order valence-corrected chi connectivity index (χ1v) is 10.3. The molecule has 4 rings (SSSR count). The van der Waals surface area contributed by atoms with Crippen LogP contribution in [0.1, 0.15) is 57.4 Å². The van der Waals surface area contributed by atoms with Gasteiger partial charge in [-0.1, -0.05) is 43.7 Å². The van der Waals surface area contributed by atoms with Crippen LogP contribution in [0.2, 0.25) is 0 Å². The van der Waals surface area contributed by atoms with Crippen LogP contribution < -0.4 is 5.32 Å². The van der Waals surface area contributed by atoms with Crippen molar-refractivity contribution in [3.05, 3.63) is 35.9 Å². The van der Waals surface area contributed by atoms with Crippen molar-refractivity contribution in [2.24, 2.45) is 5.41 Å². The molecule has 1 heterocycles. The minimum Gasteiger partial charge on any atom is -0.365 e. The molecule has 0 bridgehead atoms. The molecule has 1 atom stereocenters. The fraction of sp³-hybridized carbons (Fsp3) is 0.727. The second-order valence-electron chi connectivity index (χ2n) is 9.56. The molecule has 4 nitrogen and oxygen atoms in total. The summed E-state index contributed by atoms with van der Waals surface area (Å²) < 4.78 is 0. The van der Waals surface area contributed by atoms with Gasteiger partial charge in [-0.05, 0) is 63.6 Å². The van der Waals surface area contributed by atoms with E-state index in [9.17, 15) is 5.11 Å². The minimum atomic E-state index is -0.476. The summed E-state index contributed by atoms with van der Waals surface area (Å²) in [6.45, 7) is 4.34. The van der Waals surface area contributed by atoms with Crippen LogP contribution in [0.5, 0.6) is 0 Å². The van der Waals surface area contributed by atoms with Crippen molar-refractivity contribution in [2.45, 2.75) is 69.3 Å². The van der Waals surface area contributed by atoms with Gasteiger partial charge in [-0.25, -0.2) is 0 Å². The molecule has 0 aromatic heterocycles. The van der Waals surface area contributed by atoms with Gasteiger partial charge in [-0.15, -0.1) is 0 Å². The first kappa shape index (κ1) is 18.4. The summed E-state index contributed by atoms with van der Waals surface area (Å²) in [4.78, 5) is 4.84. The fourth-order valence-electron chi connectivity index (χ4n) is 5.69. The molecule has 2 aliphatic carbocycles. The van der Waals surface area contributed by atoms with Crippen molar-refractivity contribution >= 4 is 0 Å². The predicted molar refractivity (Wildman–Crippen MR) is 106 cm³/mol. The summed E-state index contributed by atoms with van der Waals surface area (Å²) in [5.74, 6) is 0. The molecule has 0 radical (unpaired) electrons. The molecule has 3 fully saturated rings. The predicted octanol–water partition coefficient (Wildman–Crippen LogP) is 3.13. The van der Waals surface area contributed by atoms with Crippen LogP contribution in [0.3, 0.4) is 0 Å². The summed E-state index contributed by atoms with van der Waals surface area (Å²) in [7, 11) is 4.44. The minimum absolute atomic E-state index is 0.117. The number of hydrogen-bond acceptors (Lipinski definition) is 4. The van der Waals surface area contributed by atoms with E-state index >= 15 is 0 Å². The SMILES string of the molecule is CN(C)C1(c2ccccc2)CCC2(CC1)CNC(O)N2CC1(C)CCC1. The topological polar surface area (TPSA) is 38.7 Å². The van der Waals surface area contributed by atoms with E-state index in [1.807, 2.05) is 0 Å². The maximum Gasteiger partial charge on any atom is 0.163 e. The quantitative estimate of drug-likeness (QED) is 0.868. The van der Waals surface area contributed by atoms with Gasteiger partial charge in [0.25, 0.3) is 0 Å². The average molecular weight is 358 g/mol. The third-order valence-electron chi connectivity index (χ3n) is 7.81. The Hall–Kier alpha value is -0.940. The first-order valence-electron chi connectivity index (χ1n) is 10.3. The van der Waals surface area contributed by atoms with Gasteiger partial charge in [0, 0.05) is 24.2 Å². The number of aliphatic hydroxyl groups excluding tert-OH is 1. The molecule has 1 saturated heterocycles. The molecular formula is C22H35N3O. The lowest BCUT2D eigenvalue weighted by Crippen LogP contribution is -2.58. The monoisotopic (exact) mass is 357 g/mol. The summed E-state index contributed by atoms with van der Waals surface area (Å²) in [6.07, 6.45) is 8.04. The summed E-state index contributed by atoms with van der Waals surface area (Å²) >= 11 is 0. The van der Waals surface area contributed by atoms with Gasteiger partial charge in [-0.2, -0.15) is 0 Å². The maximum absolute atomic E-state index is 10.7. The number of benzene rings is 1. The largest absolute Gasteiger partial charge is 0.365 e. The van der Waals surface area contributed by atoms with E-state index in [-0.39, 0.29) is 11.1 Å². The van der Waals surface area contributed by atoms with Crippen LogP contribution in [0.15, 0.2) is 30.3 Å². The van der Waals surface area contributed by atoms with Gasteiger partial charge < -0.3 is 5.11 Å². The van der Waals surface area contributed by atoms with Crippen molar-refractivity contribution in [2.75, 3.05) is 27.2 Å². The number of nitrogens with zero attached hydrogens (tertiary/aromatic N) is 2. The Balaban J connectivity index is 1.55. The zero-order valence-electron chi connectivity index (χ0n) is 16.7. The van der Waals surface area contributed by atoms with Gasteiger partial charge in [0.1, 0.15) is 0 Å². The smallest absolute Gasteiger partial charge is 0.163 e. The maximum atomic E-state index is 10.7. The molecule has 1 aliphatic heterocycles. The number of aliphatic hydroxyl groups is 1. The summed E-state index contributed by atoms with van der Waals surface area (Å²) in [5.41, 5.74) is 2.07. The van der Waals surface area contributed by atoms with E-state index in [1.165, 1.54) is 24.8 Å². The highest BCUT2D eigenvalue weighted by molar-refractivity contribution is 5.26. The fourth-order valence-corrected chi connectivity index (χ4v) is 5.69. The molecule has 1 aromatic carbocycles. The second-order valence-corrected chi connectivity index (χ2v) is 9.56. The van der Waals surface area contributed by atoms with Crippen LogP contribution in [-0.2, 0) is 5.54 Å². The lowest BCUT2D eigenvalue weighted by Gasteiger charge is -2.53. The van der Waals surface area contributed by atoms with E-state index in [1.54, 1.807) is 0 Å². The molecule has 1 aromatic rings. The molecule has 1 spiro atoms. The molecule has 144 valence electrons. The molecule has 2 saturated carbocycles. The standard InChI is InChI=1S/C22H35N3O/c1-20(10-7-11-20)17-25-19(26)23-16-21(25)12-14-22(15-13-21,24(2)3)18-8-5-4-6-9-18/h4-6,8-9,19,23,26H,7,10-17H2,1-3H3. The Kier molecular flexibility index (Phi) is 4.67. The van der Waals surface area contributed by atoms with E-state index in [4.69, 9.17) is 0 Å². The Morgan fingerprint density at radius 3 is 2.27 bits per heavy atom. The normalized spacial score (nSPS) is 37.2. The molecule has 3 aliphatic rings. The van der Waals surface area contributed by atoms with Crippen LogP contribution >= 0.6 is 0 Å². The number of hydrogen-bond donors (Lipinski definition) is 2. The van der Waals surface area contributed by atoms with E-state index < -0.39 is 6.35 Å². The molecule has 1 unspecified atom stereocenters. The molecule has 26 heavy (non-hydrogen) atoms. The van der Waals surface area contributed by atoms with E-state index in [0.29, 0.717) is 5.41 Å². The Morgan fingerprint density at radius 2 is 1.73 bits per heavy atom. The van der Waals surface area contributed by atoms with Gasteiger partial charge in [0.05, 0.1) is 0 Å². The molecule has 0 amide bonds. The Bertz CT molecular complexity index is 618. The van der Waals surface area contributed by atoms with Crippen molar-refractivity contribution in [1.29, 1.82) is 0 Å². The Morgan fingerprint density at radius 1 is 1.08 bits per heavy atom. The molecular weight excluding hydrogens is 322 g/mol. The zero-order valence-corrected chi connectivity index (χ0v) is 16.7. The van der Waals surface area contributed by atoms with E-state index in [2.05, 4.69) is 66.5 Å². The lowest BCUT2D eigenvalue weighted by molar-refractivity contribution is -0.0876. The van der Waals surface area contributed by atoms with Crippen LogP contribution in [0.25, 0.3) is 0 Å². The van der Waals surface area contributed by atoms with Gasteiger partial charge in [0.15, 0.2) is 6.35 Å². The van der Waals surface area contributed by atoms with Crippen molar-refractivity contribution in [3.63, 3.8) is 0 Å². The van der Waals surface area contributed by atoms with Crippen LogP contribution in [0.4, 0.5) is 0 Å². The molecule has 4 heteroatoms. The summed E-state index contributed by atoms with van der Waals surface area (Å²) in [5, 5.41) is 14.0. The highest BCUT2D eigenvalue weighted by Crippen LogP contribution is 2.50.